The predicted molar refractivity (Wildman–Crippen MR) is 161 cm³/mol. The van der Waals surface area contributed by atoms with E-state index in [9.17, 15) is 18.0 Å². The SMILES string of the molecule is O=C1NC(=S)N(c2ccc(Oc3ccccc3)cc2)C(=O)C1=Cc1ccc(OS(=O)(=O)c2ccc3c(c2)OCCO3)cc1. The predicted octanol–water partition coefficient (Wildman–Crippen LogP) is 4.85. The number of thiocarbonyl (C=S) groups is 1. The molecule has 6 rings (SSSR count). The summed E-state index contributed by atoms with van der Waals surface area (Å²) in [6.07, 6.45) is 1.39. The van der Waals surface area contributed by atoms with Crippen LogP contribution in [0.25, 0.3) is 6.08 Å². The molecular weight excluding hydrogens is 592 g/mol. The Bertz CT molecular complexity index is 1860. The molecule has 0 aliphatic carbocycles. The molecule has 12 heteroatoms. The molecular formula is C31H22N2O8S2. The number of benzene rings is 4. The maximum atomic E-state index is 13.4. The van der Waals surface area contributed by atoms with Crippen LogP contribution in [0.15, 0.2) is 108 Å². The first-order chi connectivity index (χ1) is 20.8. The number of para-hydroxylation sites is 1. The second-order valence-corrected chi connectivity index (χ2v) is 11.2. The summed E-state index contributed by atoms with van der Waals surface area (Å²) in [6.45, 7) is 0.697. The van der Waals surface area contributed by atoms with Crippen molar-refractivity contribution in [2.24, 2.45) is 0 Å². The summed E-state index contributed by atoms with van der Waals surface area (Å²) in [5, 5.41) is 2.48. The van der Waals surface area contributed by atoms with Gasteiger partial charge in [-0.15, -0.1) is 0 Å². The van der Waals surface area contributed by atoms with Gasteiger partial charge in [-0.1, -0.05) is 30.3 Å². The lowest BCUT2D eigenvalue weighted by atomic mass is 10.1. The Labute approximate surface area is 252 Å². The molecule has 2 heterocycles. The molecule has 1 N–H and O–H groups in total. The maximum Gasteiger partial charge on any atom is 0.339 e. The molecule has 0 saturated carbocycles. The lowest BCUT2D eigenvalue weighted by Gasteiger charge is -2.29. The van der Waals surface area contributed by atoms with Crippen molar-refractivity contribution in [2.45, 2.75) is 4.90 Å². The van der Waals surface area contributed by atoms with E-state index in [0.29, 0.717) is 47.5 Å². The molecule has 216 valence electrons. The number of carbonyl (C=O) groups is 2. The van der Waals surface area contributed by atoms with Crippen molar-refractivity contribution in [3.05, 3.63) is 108 Å². The number of carbonyl (C=O) groups excluding carboxylic acids is 2. The maximum absolute atomic E-state index is 13.4. The van der Waals surface area contributed by atoms with Crippen LogP contribution in [-0.4, -0.2) is 38.6 Å². The highest BCUT2D eigenvalue weighted by Gasteiger charge is 2.34. The minimum Gasteiger partial charge on any atom is -0.486 e. The number of nitrogens with one attached hydrogen (secondary N) is 1. The first kappa shape index (κ1) is 27.9. The van der Waals surface area contributed by atoms with E-state index in [-0.39, 0.29) is 21.3 Å². The van der Waals surface area contributed by atoms with Crippen LogP contribution in [0.5, 0.6) is 28.7 Å². The lowest BCUT2D eigenvalue weighted by molar-refractivity contribution is -0.122. The summed E-state index contributed by atoms with van der Waals surface area (Å²) in [6, 6.07) is 26.0. The number of anilines is 1. The molecule has 0 spiro atoms. The van der Waals surface area contributed by atoms with Crippen molar-refractivity contribution in [1.82, 2.24) is 5.32 Å². The number of ether oxygens (including phenoxy) is 3. The average Bonchev–Trinajstić information content (AvgIpc) is 3.01. The van der Waals surface area contributed by atoms with Gasteiger partial charge < -0.3 is 18.4 Å². The van der Waals surface area contributed by atoms with Crippen LogP contribution in [0.2, 0.25) is 0 Å². The number of fused-ring (bicyclic) bond motifs is 1. The van der Waals surface area contributed by atoms with Gasteiger partial charge in [0.15, 0.2) is 16.6 Å². The average molecular weight is 615 g/mol. The number of rotatable bonds is 7. The molecule has 2 aliphatic rings. The first-order valence-corrected chi connectivity index (χ1v) is 14.8. The summed E-state index contributed by atoms with van der Waals surface area (Å²) >= 11 is 5.29. The van der Waals surface area contributed by atoms with Crippen LogP contribution in [0.1, 0.15) is 5.56 Å². The molecule has 0 aromatic heterocycles. The molecule has 43 heavy (non-hydrogen) atoms. The highest BCUT2D eigenvalue weighted by molar-refractivity contribution is 7.87. The summed E-state index contributed by atoms with van der Waals surface area (Å²) in [4.78, 5) is 27.2. The molecule has 1 saturated heterocycles. The number of nitrogens with zero attached hydrogens (tertiary/aromatic N) is 1. The highest BCUT2D eigenvalue weighted by atomic mass is 32.2. The molecule has 2 amide bonds. The molecule has 0 atom stereocenters. The minimum absolute atomic E-state index is 0.0390. The number of hydrogen-bond donors (Lipinski definition) is 1. The van der Waals surface area contributed by atoms with Crippen LogP contribution in [0, 0.1) is 0 Å². The van der Waals surface area contributed by atoms with Gasteiger partial charge >= 0.3 is 10.1 Å². The third-order valence-corrected chi connectivity index (χ3v) is 7.90. The Morgan fingerprint density at radius 3 is 2.16 bits per heavy atom. The van der Waals surface area contributed by atoms with E-state index in [2.05, 4.69) is 5.32 Å². The Hall–Kier alpha value is -5.20. The summed E-state index contributed by atoms with van der Waals surface area (Å²) in [7, 11) is -4.17. The van der Waals surface area contributed by atoms with Crippen LogP contribution < -0.4 is 28.6 Å². The Morgan fingerprint density at radius 1 is 0.791 bits per heavy atom. The van der Waals surface area contributed by atoms with Crippen molar-refractivity contribution in [3.8, 4) is 28.7 Å². The van der Waals surface area contributed by atoms with Gasteiger partial charge in [-0.2, -0.15) is 8.42 Å². The lowest BCUT2D eigenvalue weighted by Crippen LogP contribution is -2.54. The molecule has 0 bridgehead atoms. The first-order valence-electron chi connectivity index (χ1n) is 13.0. The molecule has 0 unspecified atom stereocenters. The minimum atomic E-state index is -4.17. The van der Waals surface area contributed by atoms with Crippen LogP contribution in [-0.2, 0) is 19.7 Å². The Balaban J connectivity index is 1.17. The van der Waals surface area contributed by atoms with Crippen molar-refractivity contribution in [1.29, 1.82) is 0 Å². The van der Waals surface area contributed by atoms with Gasteiger partial charge in [0, 0.05) is 6.07 Å². The van der Waals surface area contributed by atoms with Gasteiger partial charge in [0.1, 0.15) is 40.9 Å². The zero-order chi connectivity index (χ0) is 30.0. The summed E-state index contributed by atoms with van der Waals surface area (Å²) < 4.78 is 47.6. The van der Waals surface area contributed by atoms with Gasteiger partial charge in [-0.05, 0) is 84.5 Å². The smallest absolute Gasteiger partial charge is 0.339 e. The molecule has 0 radical (unpaired) electrons. The topological polar surface area (TPSA) is 120 Å². The second kappa shape index (κ2) is 11.6. The fraction of sp³-hybridized carbons (Fsp3) is 0.0645. The molecule has 2 aliphatic heterocycles. The Morgan fingerprint density at radius 2 is 1.44 bits per heavy atom. The fourth-order valence-corrected chi connectivity index (χ4v) is 5.55. The zero-order valence-corrected chi connectivity index (χ0v) is 23.9. The molecule has 4 aromatic carbocycles. The van der Waals surface area contributed by atoms with E-state index in [0.717, 1.165) is 0 Å². The summed E-state index contributed by atoms with van der Waals surface area (Å²) in [5.41, 5.74) is 0.743. The molecule has 4 aromatic rings. The van der Waals surface area contributed by atoms with Crippen LogP contribution in [0.3, 0.4) is 0 Å². The van der Waals surface area contributed by atoms with Crippen LogP contribution >= 0.6 is 12.2 Å². The van der Waals surface area contributed by atoms with Gasteiger partial charge in [-0.25, -0.2) is 0 Å². The van der Waals surface area contributed by atoms with E-state index in [1.54, 1.807) is 24.3 Å². The van der Waals surface area contributed by atoms with Gasteiger partial charge in [0.2, 0.25) is 0 Å². The van der Waals surface area contributed by atoms with E-state index < -0.39 is 21.9 Å². The normalized spacial score (nSPS) is 15.7. The zero-order valence-electron chi connectivity index (χ0n) is 22.3. The summed E-state index contributed by atoms with van der Waals surface area (Å²) in [5.74, 6) is 0.759. The standard InChI is InChI=1S/C31H22N2O8S2/c34-29-26(30(35)33(31(42)32-29)21-8-12-23(13-9-21)40-22-4-2-1-3-5-22)18-20-6-10-24(11-7-20)41-43(36,37)25-14-15-27-28(19-25)39-17-16-38-27/h1-15,18-19H,16-17H2,(H,32,34,42). The van der Waals surface area contributed by atoms with Crippen molar-refractivity contribution in [3.63, 3.8) is 0 Å². The molecule has 1 fully saturated rings. The van der Waals surface area contributed by atoms with E-state index in [1.807, 2.05) is 30.3 Å². The monoisotopic (exact) mass is 614 g/mol. The Kier molecular flexibility index (Phi) is 7.53. The van der Waals surface area contributed by atoms with E-state index in [1.165, 1.54) is 53.4 Å². The van der Waals surface area contributed by atoms with Crippen molar-refractivity contribution in [2.75, 3.05) is 18.1 Å². The van der Waals surface area contributed by atoms with Crippen molar-refractivity contribution >= 4 is 51.0 Å². The van der Waals surface area contributed by atoms with Gasteiger partial charge in [0.05, 0.1) is 5.69 Å². The highest BCUT2D eigenvalue weighted by Crippen LogP contribution is 2.33. The fourth-order valence-electron chi connectivity index (χ4n) is 4.32. The number of hydrogen-bond acceptors (Lipinski definition) is 9. The molecule has 10 nitrogen and oxygen atoms in total. The van der Waals surface area contributed by atoms with Crippen LogP contribution in [0.4, 0.5) is 5.69 Å². The third-order valence-electron chi connectivity index (χ3n) is 6.37. The largest absolute Gasteiger partial charge is 0.486 e. The van der Waals surface area contributed by atoms with E-state index >= 15 is 0 Å². The van der Waals surface area contributed by atoms with Gasteiger partial charge in [0.25, 0.3) is 11.8 Å². The number of amides is 2. The van der Waals surface area contributed by atoms with Crippen molar-refractivity contribution < 1.29 is 36.4 Å². The van der Waals surface area contributed by atoms with E-state index in [4.69, 9.17) is 30.6 Å². The third kappa shape index (κ3) is 6.05. The second-order valence-electron chi connectivity index (χ2n) is 9.28. The van der Waals surface area contributed by atoms with Gasteiger partial charge in [-0.3, -0.25) is 19.8 Å². The quantitative estimate of drug-likeness (QED) is 0.135.